The van der Waals surface area contributed by atoms with Crippen LogP contribution in [0.3, 0.4) is 0 Å². The lowest BCUT2D eigenvalue weighted by atomic mass is 10.2. The Morgan fingerprint density at radius 1 is 1.33 bits per heavy atom. The predicted molar refractivity (Wildman–Crippen MR) is 77.0 cm³/mol. The van der Waals surface area contributed by atoms with Gasteiger partial charge in [0.1, 0.15) is 12.4 Å². The molecule has 94 valence electrons. The highest BCUT2D eigenvalue weighted by molar-refractivity contribution is 9.10. The lowest BCUT2D eigenvalue weighted by Crippen LogP contribution is -1.99. The summed E-state index contributed by atoms with van der Waals surface area (Å²) in [6.45, 7) is 2.50. The standard InChI is InChI=1S/C14H13BrClNO/c1-10-5-11(8-17-7-10)9-18-14-12(6-16)3-2-4-13(14)15/h2-5,7-8H,6,9H2,1H3. The van der Waals surface area contributed by atoms with E-state index < -0.39 is 0 Å². The van der Waals surface area contributed by atoms with E-state index >= 15 is 0 Å². The fourth-order valence-corrected chi connectivity index (χ4v) is 2.40. The first-order chi connectivity index (χ1) is 8.70. The molecular weight excluding hydrogens is 314 g/mol. The zero-order chi connectivity index (χ0) is 13.0. The molecule has 0 spiro atoms. The number of pyridine rings is 1. The molecule has 0 aliphatic heterocycles. The molecule has 0 bridgehead atoms. The Bertz CT molecular complexity index is 545. The third-order valence-electron chi connectivity index (χ3n) is 2.51. The first kappa shape index (κ1) is 13.4. The van der Waals surface area contributed by atoms with Crippen molar-refractivity contribution >= 4 is 27.5 Å². The first-order valence-corrected chi connectivity index (χ1v) is 6.90. The van der Waals surface area contributed by atoms with E-state index in [4.69, 9.17) is 16.3 Å². The van der Waals surface area contributed by atoms with Crippen LogP contribution in [-0.2, 0) is 12.5 Å². The highest BCUT2D eigenvalue weighted by Gasteiger charge is 2.07. The largest absolute Gasteiger partial charge is 0.487 e. The summed E-state index contributed by atoms with van der Waals surface area (Å²) in [6, 6.07) is 7.91. The maximum atomic E-state index is 5.90. The van der Waals surface area contributed by atoms with Crippen molar-refractivity contribution in [3.05, 3.63) is 57.8 Å². The van der Waals surface area contributed by atoms with Crippen molar-refractivity contribution in [3.63, 3.8) is 0 Å². The van der Waals surface area contributed by atoms with E-state index in [-0.39, 0.29) is 0 Å². The van der Waals surface area contributed by atoms with Crippen molar-refractivity contribution in [3.8, 4) is 5.75 Å². The SMILES string of the molecule is Cc1cncc(COc2c(Br)cccc2CCl)c1. The number of benzene rings is 1. The van der Waals surface area contributed by atoms with E-state index in [1.807, 2.05) is 37.5 Å². The number of ether oxygens (including phenoxy) is 1. The van der Waals surface area contributed by atoms with Gasteiger partial charge in [0.25, 0.3) is 0 Å². The van der Waals surface area contributed by atoms with E-state index in [0.29, 0.717) is 12.5 Å². The molecule has 2 nitrogen and oxygen atoms in total. The van der Waals surface area contributed by atoms with Gasteiger partial charge in [0.05, 0.1) is 10.4 Å². The fraction of sp³-hybridized carbons (Fsp3) is 0.214. The number of nitrogens with zero attached hydrogens (tertiary/aromatic N) is 1. The summed E-state index contributed by atoms with van der Waals surface area (Å²) in [5, 5.41) is 0. The molecule has 0 aliphatic rings. The topological polar surface area (TPSA) is 22.1 Å². The summed E-state index contributed by atoms with van der Waals surface area (Å²) < 4.78 is 6.75. The Kier molecular flexibility index (Phi) is 4.61. The highest BCUT2D eigenvalue weighted by Crippen LogP contribution is 2.30. The first-order valence-electron chi connectivity index (χ1n) is 5.57. The molecule has 2 aromatic rings. The monoisotopic (exact) mass is 325 g/mol. The Labute approximate surface area is 120 Å². The molecule has 0 radical (unpaired) electrons. The lowest BCUT2D eigenvalue weighted by molar-refractivity contribution is 0.301. The average molecular weight is 327 g/mol. The van der Waals surface area contributed by atoms with Crippen LogP contribution in [0.4, 0.5) is 0 Å². The average Bonchev–Trinajstić information content (AvgIpc) is 2.37. The van der Waals surface area contributed by atoms with Crippen molar-refractivity contribution in [1.29, 1.82) is 0 Å². The molecule has 18 heavy (non-hydrogen) atoms. The number of hydrogen-bond acceptors (Lipinski definition) is 2. The summed E-state index contributed by atoms with van der Waals surface area (Å²) in [4.78, 5) is 4.14. The van der Waals surface area contributed by atoms with Gasteiger partial charge in [-0.05, 0) is 40.5 Å². The van der Waals surface area contributed by atoms with E-state index in [1.165, 1.54) is 0 Å². The molecule has 0 amide bonds. The van der Waals surface area contributed by atoms with Crippen LogP contribution >= 0.6 is 27.5 Å². The quantitative estimate of drug-likeness (QED) is 0.773. The number of aromatic nitrogens is 1. The molecule has 0 aliphatic carbocycles. The van der Waals surface area contributed by atoms with Crippen LogP contribution in [0.25, 0.3) is 0 Å². The Balaban J connectivity index is 2.15. The van der Waals surface area contributed by atoms with Gasteiger partial charge in [0.15, 0.2) is 0 Å². The molecule has 0 saturated heterocycles. The van der Waals surface area contributed by atoms with Crippen molar-refractivity contribution in [2.45, 2.75) is 19.4 Å². The predicted octanol–water partition coefficient (Wildman–Crippen LogP) is 4.47. The van der Waals surface area contributed by atoms with Crippen LogP contribution in [-0.4, -0.2) is 4.98 Å². The Hall–Kier alpha value is -1.06. The molecule has 0 fully saturated rings. The number of halogens is 2. The molecule has 4 heteroatoms. The summed E-state index contributed by atoms with van der Waals surface area (Å²) in [6.07, 6.45) is 3.64. The molecule has 0 unspecified atom stereocenters. The number of rotatable bonds is 4. The molecule has 0 N–H and O–H groups in total. The van der Waals surface area contributed by atoms with Gasteiger partial charge in [-0.2, -0.15) is 0 Å². The molecule has 0 saturated carbocycles. The smallest absolute Gasteiger partial charge is 0.138 e. The summed E-state index contributed by atoms with van der Waals surface area (Å²) in [7, 11) is 0. The maximum absolute atomic E-state index is 5.90. The minimum atomic E-state index is 0.431. The van der Waals surface area contributed by atoms with Crippen molar-refractivity contribution < 1.29 is 4.74 Å². The van der Waals surface area contributed by atoms with Crippen LogP contribution in [0.2, 0.25) is 0 Å². The van der Waals surface area contributed by atoms with Gasteiger partial charge < -0.3 is 4.74 Å². The Morgan fingerprint density at radius 3 is 2.89 bits per heavy atom. The highest BCUT2D eigenvalue weighted by atomic mass is 79.9. The normalized spacial score (nSPS) is 10.4. The van der Waals surface area contributed by atoms with Gasteiger partial charge in [0, 0.05) is 23.5 Å². The van der Waals surface area contributed by atoms with Crippen molar-refractivity contribution in [2.24, 2.45) is 0 Å². The lowest BCUT2D eigenvalue weighted by Gasteiger charge is -2.12. The number of para-hydroxylation sites is 1. The minimum Gasteiger partial charge on any atom is -0.487 e. The van der Waals surface area contributed by atoms with Crippen LogP contribution in [0, 0.1) is 6.92 Å². The molecule has 0 atom stereocenters. The minimum absolute atomic E-state index is 0.431. The van der Waals surface area contributed by atoms with Crippen LogP contribution in [0.1, 0.15) is 16.7 Å². The Morgan fingerprint density at radius 2 is 2.17 bits per heavy atom. The van der Waals surface area contributed by atoms with Gasteiger partial charge in [-0.15, -0.1) is 11.6 Å². The third-order valence-corrected chi connectivity index (χ3v) is 3.42. The second-order valence-electron chi connectivity index (χ2n) is 4.02. The molecule has 1 aromatic heterocycles. The summed E-state index contributed by atoms with van der Waals surface area (Å²) in [5.74, 6) is 1.23. The van der Waals surface area contributed by atoms with Gasteiger partial charge in [-0.3, -0.25) is 4.98 Å². The molecule has 1 heterocycles. The zero-order valence-electron chi connectivity index (χ0n) is 9.99. The number of aryl methyl sites for hydroxylation is 1. The van der Waals surface area contributed by atoms with Crippen molar-refractivity contribution in [1.82, 2.24) is 4.98 Å². The zero-order valence-corrected chi connectivity index (χ0v) is 12.3. The van der Waals surface area contributed by atoms with E-state index in [1.54, 1.807) is 0 Å². The van der Waals surface area contributed by atoms with E-state index in [2.05, 4.69) is 27.0 Å². The number of hydrogen-bond donors (Lipinski definition) is 0. The number of alkyl halides is 1. The second kappa shape index (κ2) is 6.21. The van der Waals surface area contributed by atoms with Crippen molar-refractivity contribution in [2.75, 3.05) is 0 Å². The summed E-state index contributed by atoms with van der Waals surface area (Å²) in [5.41, 5.74) is 3.15. The van der Waals surface area contributed by atoms with Gasteiger partial charge >= 0.3 is 0 Å². The maximum Gasteiger partial charge on any atom is 0.138 e. The van der Waals surface area contributed by atoms with Gasteiger partial charge in [-0.25, -0.2) is 0 Å². The van der Waals surface area contributed by atoms with E-state index in [0.717, 1.165) is 26.9 Å². The van der Waals surface area contributed by atoms with Crippen LogP contribution < -0.4 is 4.74 Å². The van der Waals surface area contributed by atoms with Crippen LogP contribution in [0.15, 0.2) is 41.1 Å². The third kappa shape index (κ3) is 3.24. The van der Waals surface area contributed by atoms with Gasteiger partial charge in [-0.1, -0.05) is 12.1 Å². The van der Waals surface area contributed by atoms with E-state index in [9.17, 15) is 0 Å². The summed E-state index contributed by atoms with van der Waals surface area (Å²) >= 11 is 9.37. The second-order valence-corrected chi connectivity index (χ2v) is 5.14. The molecular formula is C14H13BrClNO. The van der Waals surface area contributed by atoms with Crippen LogP contribution in [0.5, 0.6) is 5.75 Å². The van der Waals surface area contributed by atoms with Gasteiger partial charge in [0.2, 0.25) is 0 Å². The molecule has 1 aromatic carbocycles. The molecule has 2 rings (SSSR count). The fourth-order valence-electron chi connectivity index (χ4n) is 1.67.